The van der Waals surface area contributed by atoms with Crippen LogP contribution in [0.1, 0.15) is 38.2 Å². The van der Waals surface area contributed by atoms with Gasteiger partial charge in [-0.1, -0.05) is 19.1 Å². The number of nitrogen functional groups attached to an aromatic ring is 1. The normalized spacial score (nSPS) is 18.3. The molecule has 1 aromatic carbocycles. The molecule has 0 radical (unpaired) electrons. The van der Waals surface area contributed by atoms with Crippen LogP contribution in [-0.2, 0) is 10.0 Å². The molecule has 0 amide bonds. The van der Waals surface area contributed by atoms with Crippen LogP contribution in [-0.4, -0.2) is 14.0 Å². The lowest BCUT2D eigenvalue weighted by Gasteiger charge is -2.41. The highest BCUT2D eigenvalue weighted by atomic mass is 32.2. The van der Waals surface area contributed by atoms with Gasteiger partial charge in [-0.3, -0.25) is 0 Å². The van der Waals surface area contributed by atoms with Crippen LogP contribution in [0.25, 0.3) is 0 Å². The first kappa shape index (κ1) is 13.4. The van der Waals surface area contributed by atoms with E-state index >= 15 is 0 Å². The van der Waals surface area contributed by atoms with Crippen molar-refractivity contribution < 1.29 is 8.42 Å². The molecule has 5 heteroatoms. The molecular formula is C13H20N2O2S. The zero-order valence-electron chi connectivity index (χ0n) is 10.9. The van der Waals surface area contributed by atoms with Gasteiger partial charge in [-0.05, 0) is 44.2 Å². The molecule has 1 aliphatic rings. The quantitative estimate of drug-likeness (QED) is 0.822. The Bertz CT molecular complexity index is 522. The number of nitrogens with one attached hydrogen (secondary N) is 1. The second-order valence-corrected chi connectivity index (χ2v) is 6.71. The summed E-state index contributed by atoms with van der Waals surface area (Å²) >= 11 is 0. The molecule has 1 aliphatic carbocycles. The third kappa shape index (κ3) is 2.24. The molecule has 0 bridgehead atoms. The van der Waals surface area contributed by atoms with Crippen molar-refractivity contribution in [2.45, 2.75) is 50.0 Å². The lowest BCUT2D eigenvalue weighted by atomic mass is 9.76. The Morgan fingerprint density at radius 3 is 2.50 bits per heavy atom. The number of benzene rings is 1. The maximum absolute atomic E-state index is 12.5. The van der Waals surface area contributed by atoms with E-state index in [1.807, 2.05) is 6.92 Å². The maximum atomic E-state index is 12.5. The molecule has 1 fully saturated rings. The van der Waals surface area contributed by atoms with Gasteiger partial charge < -0.3 is 5.73 Å². The Hall–Kier alpha value is -1.07. The van der Waals surface area contributed by atoms with E-state index in [4.69, 9.17) is 5.73 Å². The van der Waals surface area contributed by atoms with Crippen LogP contribution in [0, 0.1) is 6.92 Å². The van der Waals surface area contributed by atoms with Crippen molar-refractivity contribution in [3.8, 4) is 0 Å². The third-order valence-electron chi connectivity index (χ3n) is 3.85. The molecule has 3 N–H and O–H groups in total. The van der Waals surface area contributed by atoms with Crippen molar-refractivity contribution >= 4 is 15.7 Å². The molecule has 0 saturated heterocycles. The molecule has 0 atom stereocenters. The van der Waals surface area contributed by atoms with Crippen LogP contribution in [0.2, 0.25) is 0 Å². The van der Waals surface area contributed by atoms with Crippen molar-refractivity contribution in [1.82, 2.24) is 4.72 Å². The Morgan fingerprint density at radius 2 is 2.06 bits per heavy atom. The van der Waals surface area contributed by atoms with Gasteiger partial charge in [-0.15, -0.1) is 0 Å². The molecule has 4 nitrogen and oxygen atoms in total. The van der Waals surface area contributed by atoms with E-state index < -0.39 is 10.0 Å². The molecule has 18 heavy (non-hydrogen) atoms. The first-order valence-electron chi connectivity index (χ1n) is 6.29. The minimum absolute atomic E-state index is 0.227. The average Bonchev–Trinajstić information content (AvgIpc) is 2.23. The van der Waals surface area contributed by atoms with Gasteiger partial charge >= 0.3 is 0 Å². The zero-order chi connectivity index (χ0) is 13.4. The smallest absolute Gasteiger partial charge is 0.243 e. The van der Waals surface area contributed by atoms with Crippen LogP contribution in [0.4, 0.5) is 5.69 Å². The Labute approximate surface area is 109 Å². The van der Waals surface area contributed by atoms with Gasteiger partial charge in [0.25, 0.3) is 0 Å². The van der Waals surface area contributed by atoms with Gasteiger partial charge in [0.1, 0.15) is 4.90 Å². The molecule has 0 aromatic heterocycles. The Kier molecular flexibility index (Phi) is 3.38. The number of rotatable bonds is 4. The SMILES string of the molecule is CCC1(NS(=O)(=O)c2c(C)cccc2N)CCC1. The predicted octanol–water partition coefficient (Wildman–Crippen LogP) is 2.19. The van der Waals surface area contributed by atoms with Gasteiger partial charge in [0.05, 0.1) is 5.69 Å². The van der Waals surface area contributed by atoms with Crippen molar-refractivity contribution in [2.75, 3.05) is 5.73 Å². The molecule has 1 aromatic rings. The van der Waals surface area contributed by atoms with E-state index in [1.165, 1.54) is 0 Å². The number of nitrogens with two attached hydrogens (primary N) is 1. The lowest BCUT2D eigenvalue weighted by molar-refractivity contribution is 0.214. The molecule has 0 heterocycles. The van der Waals surface area contributed by atoms with Crippen LogP contribution in [0.3, 0.4) is 0 Å². The fourth-order valence-electron chi connectivity index (χ4n) is 2.51. The summed E-state index contributed by atoms with van der Waals surface area (Å²) in [7, 11) is -3.53. The first-order valence-corrected chi connectivity index (χ1v) is 7.78. The molecule has 100 valence electrons. The number of hydrogen-bond donors (Lipinski definition) is 2. The maximum Gasteiger partial charge on any atom is 0.243 e. The summed E-state index contributed by atoms with van der Waals surface area (Å²) in [6.07, 6.45) is 3.72. The van der Waals surface area contributed by atoms with Gasteiger partial charge in [0.15, 0.2) is 0 Å². The minimum Gasteiger partial charge on any atom is -0.398 e. The van der Waals surface area contributed by atoms with E-state index in [0.29, 0.717) is 11.3 Å². The molecule has 0 aliphatic heterocycles. The second-order valence-electron chi connectivity index (χ2n) is 5.09. The topological polar surface area (TPSA) is 72.2 Å². The predicted molar refractivity (Wildman–Crippen MR) is 72.8 cm³/mol. The molecule has 1 saturated carbocycles. The van der Waals surface area contributed by atoms with E-state index in [9.17, 15) is 8.42 Å². The lowest BCUT2D eigenvalue weighted by Crippen LogP contribution is -2.52. The van der Waals surface area contributed by atoms with E-state index in [2.05, 4.69) is 4.72 Å². The Morgan fingerprint density at radius 1 is 1.39 bits per heavy atom. The van der Waals surface area contributed by atoms with Crippen molar-refractivity contribution in [3.63, 3.8) is 0 Å². The number of sulfonamides is 1. The number of hydrogen-bond acceptors (Lipinski definition) is 3. The fourth-order valence-corrected chi connectivity index (χ4v) is 4.40. The number of anilines is 1. The van der Waals surface area contributed by atoms with E-state index in [-0.39, 0.29) is 10.4 Å². The van der Waals surface area contributed by atoms with Crippen LogP contribution < -0.4 is 10.5 Å². The summed E-state index contributed by atoms with van der Waals surface area (Å²) in [5, 5.41) is 0. The van der Waals surface area contributed by atoms with Gasteiger partial charge in [-0.25, -0.2) is 13.1 Å². The second kappa shape index (κ2) is 4.55. The van der Waals surface area contributed by atoms with Gasteiger partial charge in [0.2, 0.25) is 10.0 Å². The third-order valence-corrected chi connectivity index (χ3v) is 5.65. The minimum atomic E-state index is -3.53. The van der Waals surface area contributed by atoms with Gasteiger partial charge in [0, 0.05) is 5.54 Å². The Balaban J connectivity index is 2.37. The molecule has 0 unspecified atom stereocenters. The molecule has 0 spiro atoms. The average molecular weight is 268 g/mol. The highest BCUT2D eigenvalue weighted by Gasteiger charge is 2.39. The molecule has 2 rings (SSSR count). The standard InChI is InChI=1S/C13H20N2O2S/c1-3-13(8-5-9-13)15-18(16,17)12-10(2)6-4-7-11(12)14/h4,6-7,15H,3,5,8-9,14H2,1-2H3. The molecular weight excluding hydrogens is 248 g/mol. The number of aryl methyl sites for hydroxylation is 1. The first-order chi connectivity index (χ1) is 8.40. The van der Waals surface area contributed by atoms with Crippen molar-refractivity contribution in [2.24, 2.45) is 0 Å². The van der Waals surface area contributed by atoms with Crippen LogP contribution >= 0.6 is 0 Å². The monoisotopic (exact) mass is 268 g/mol. The highest BCUT2D eigenvalue weighted by molar-refractivity contribution is 7.89. The van der Waals surface area contributed by atoms with Crippen LogP contribution in [0.15, 0.2) is 23.1 Å². The summed E-state index contributed by atoms with van der Waals surface area (Å²) in [5.74, 6) is 0. The fraction of sp³-hybridized carbons (Fsp3) is 0.538. The summed E-state index contributed by atoms with van der Waals surface area (Å²) in [4.78, 5) is 0.227. The largest absolute Gasteiger partial charge is 0.398 e. The summed E-state index contributed by atoms with van der Waals surface area (Å²) in [5.41, 5.74) is 6.55. The van der Waals surface area contributed by atoms with E-state index in [0.717, 1.165) is 25.7 Å². The summed E-state index contributed by atoms with van der Waals surface area (Å²) < 4.78 is 27.7. The van der Waals surface area contributed by atoms with E-state index in [1.54, 1.807) is 25.1 Å². The highest BCUT2D eigenvalue weighted by Crippen LogP contribution is 2.36. The summed E-state index contributed by atoms with van der Waals surface area (Å²) in [6.45, 7) is 3.78. The summed E-state index contributed by atoms with van der Waals surface area (Å²) in [6, 6.07) is 5.16. The van der Waals surface area contributed by atoms with Gasteiger partial charge in [-0.2, -0.15) is 0 Å². The van der Waals surface area contributed by atoms with Crippen molar-refractivity contribution in [3.05, 3.63) is 23.8 Å². The van der Waals surface area contributed by atoms with Crippen molar-refractivity contribution in [1.29, 1.82) is 0 Å². The zero-order valence-corrected chi connectivity index (χ0v) is 11.7. The van der Waals surface area contributed by atoms with Crippen LogP contribution in [0.5, 0.6) is 0 Å².